The van der Waals surface area contributed by atoms with Gasteiger partial charge < -0.3 is 24.3 Å². The van der Waals surface area contributed by atoms with E-state index in [4.69, 9.17) is 18.9 Å². The van der Waals surface area contributed by atoms with E-state index in [1.165, 1.54) is 0 Å². The van der Waals surface area contributed by atoms with Gasteiger partial charge >= 0.3 is 12.1 Å². The fourth-order valence-electron chi connectivity index (χ4n) is 1.97. The van der Waals surface area contributed by atoms with E-state index in [9.17, 15) is 9.59 Å². The molecule has 1 aromatic rings. The Labute approximate surface area is 114 Å². The topological polar surface area (TPSA) is 83.1 Å². The van der Waals surface area contributed by atoms with Crippen molar-refractivity contribution in [1.82, 2.24) is 5.32 Å². The van der Waals surface area contributed by atoms with Crippen LogP contribution in [0.5, 0.6) is 11.5 Å². The number of fused-ring (bicyclic) bond motifs is 1. The minimum Gasteiger partial charge on any atom is -0.458 e. The smallest absolute Gasteiger partial charge is 0.408 e. The molecule has 2 unspecified atom stereocenters. The summed E-state index contributed by atoms with van der Waals surface area (Å²) in [5, 5.41) is 2.45. The number of hydrogen-bond donors (Lipinski definition) is 1. The number of hydrogen-bond acceptors (Lipinski definition) is 6. The molecule has 2 atom stereocenters. The van der Waals surface area contributed by atoms with Crippen molar-refractivity contribution in [2.45, 2.75) is 25.7 Å². The number of esters is 1. The molecule has 1 amide bonds. The molecule has 7 heteroatoms. The van der Waals surface area contributed by atoms with Gasteiger partial charge in [0.05, 0.1) is 0 Å². The molecule has 2 heterocycles. The van der Waals surface area contributed by atoms with E-state index in [0.717, 1.165) is 5.56 Å². The molecular formula is C13H13NO6. The summed E-state index contributed by atoms with van der Waals surface area (Å²) < 4.78 is 20.2. The zero-order chi connectivity index (χ0) is 14.1. The molecule has 3 rings (SSSR count). The van der Waals surface area contributed by atoms with E-state index in [-0.39, 0.29) is 19.5 Å². The van der Waals surface area contributed by atoms with Gasteiger partial charge in [-0.15, -0.1) is 0 Å². The van der Waals surface area contributed by atoms with Crippen LogP contribution in [0.2, 0.25) is 0 Å². The number of rotatable bonds is 3. The average molecular weight is 279 g/mol. The quantitative estimate of drug-likeness (QED) is 0.830. The van der Waals surface area contributed by atoms with E-state index in [1.54, 1.807) is 25.1 Å². The average Bonchev–Trinajstić information content (AvgIpc) is 2.90. The van der Waals surface area contributed by atoms with Gasteiger partial charge in [-0.25, -0.2) is 9.59 Å². The van der Waals surface area contributed by atoms with Crippen molar-refractivity contribution in [3.63, 3.8) is 0 Å². The number of amides is 1. The SMILES string of the molecule is CC1OC(=O)C1NC(=O)OCc1ccc2c(c1)OCO2. The molecule has 7 nitrogen and oxygen atoms in total. The zero-order valence-electron chi connectivity index (χ0n) is 10.8. The van der Waals surface area contributed by atoms with Gasteiger partial charge in [-0.05, 0) is 24.6 Å². The lowest BCUT2D eigenvalue weighted by Crippen LogP contribution is -2.58. The molecule has 0 aliphatic carbocycles. The number of ether oxygens (including phenoxy) is 4. The van der Waals surface area contributed by atoms with Gasteiger partial charge in [-0.3, -0.25) is 0 Å². The highest BCUT2D eigenvalue weighted by Gasteiger charge is 2.40. The van der Waals surface area contributed by atoms with Gasteiger partial charge in [-0.1, -0.05) is 6.07 Å². The first-order chi connectivity index (χ1) is 9.63. The first-order valence-electron chi connectivity index (χ1n) is 6.16. The van der Waals surface area contributed by atoms with Crippen LogP contribution in [-0.2, 0) is 20.9 Å². The standard InChI is InChI=1S/C13H13NO6/c1-7-11(12(15)20-7)14-13(16)17-5-8-2-3-9-10(4-8)19-6-18-9/h2-4,7,11H,5-6H2,1H3,(H,14,16). The predicted molar refractivity (Wildman–Crippen MR) is 65.2 cm³/mol. The number of cyclic esters (lactones) is 1. The lowest BCUT2D eigenvalue weighted by molar-refractivity contribution is -0.174. The Hall–Kier alpha value is -2.44. The fraction of sp³-hybridized carbons (Fsp3) is 0.385. The third-order valence-electron chi connectivity index (χ3n) is 3.11. The maximum atomic E-state index is 11.5. The van der Waals surface area contributed by atoms with Crippen molar-refractivity contribution in [3.05, 3.63) is 23.8 Å². The number of nitrogens with one attached hydrogen (secondary N) is 1. The molecule has 2 aliphatic heterocycles. The van der Waals surface area contributed by atoms with Crippen molar-refractivity contribution in [2.24, 2.45) is 0 Å². The molecule has 1 fully saturated rings. The highest BCUT2D eigenvalue weighted by atomic mass is 16.7. The van der Waals surface area contributed by atoms with E-state index in [1.807, 2.05) is 0 Å². The fourth-order valence-corrected chi connectivity index (χ4v) is 1.97. The van der Waals surface area contributed by atoms with E-state index in [2.05, 4.69) is 5.32 Å². The van der Waals surface area contributed by atoms with Crippen LogP contribution >= 0.6 is 0 Å². The van der Waals surface area contributed by atoms with Crippen molar-refractivity contribution in [1.29, 1.82) is 0 Å². The largest absolute Gasteiger partial charge is 0.458 e. The molecule has 2 aliphatic rings. The molecule has 0 aromatic heterocycles. The van der Waals surface area contributed by atoms with Crippen LogP contribution in [0.25, 0.3) is 0 Å². The van der Waals surface area contributed by atoms with Gasteiger partial charge in [0.1, 0.15) is 12.7 Å². The lowest BCUT2D eigenvalue weighted by Gasteiger charge is -2.32. The molecule has 1 saturated heterocycles. The van der Waals surface area contributed by atoms with E-state index in [0.29, 0.717) is 11.5 Å². The Morgan fingerprint density at radius 2 is 2.20 bits per heavy atom. The summed E-state index contributed by atoms with van der Waals surface area (Å²) in [6, 6.07) is 4.65. The minimum absolute atomic E-state index is 0.0820. The summed E-state index contributed by atoms with van der Waals surface area (Å²) in [5.74, 6) is 0.851. The Morgan fingerprint density at radius 3 is 2.95 bits per heavy atom. The van der Waals surface area contributed by atoms with E-state index < -0.39 is 18.1 Å². The van der Waals surface area contributed by atoms with Crippen LogP contribution in [0.4, 0.5) is 4.79 Å². The summed E-state index contributed by atoms with van der Waals surface area (Å²) in [6.45, 7) is 1.98. The molecule has 20 heavy (non-hydrogen) atoms. The summed E-state index contributed by atoms with van der Waals surface area (Å²) in [5.41, 5.74) is 0.772. The molecular weight excluding hydrogens is 266 g/mol. The van der Waals surface area contributed by atoms with E-state index >= 15 is 0 Å². The Kier molecular flexibility index (Phi) is 3.09. The van der Waals surface area contributed by atoms with Gasteiger partial charge in [0.25, 0.3) is 0 Å². The van der Waals surface area contributed by atoms with Crippen LogP contribution in [0.15, 0.2) is 18.2 Å². The summed E-state index contributed by atoms with van der Waals surface area (Å²) in [6.07, 6.45) is -0.975. The molecule has 0 saturated carbocycles. The van der Waals surface area contributed by atoms with Crippen molar-refractivity contribution >= 4 is 12.1 Å². The van der Waals surface area contributed by atoms with Crippen LogP contribution in [-0.4, -0.2) is 31.0 Å². The number of carbonyl (C=O) groups excluding carboxylic acids is 2. The normalized spacial score (nSPS) is 22.8. The number of benzene rings is 1. The van der Waals surface area contributed by atoms with Crippen molar-refractivity contribution in [2.75, 3.05) is 6.79 Å². The van der Waals surface area contributed by atoms with Gasteiger partial charge in [-0.2, -0.15) is 0 Å². The van der Waals surface area contributed by atoms with Crippen molar-refractivity contribution < 1.29 is 28.5 Å². The first-order valence-corrected chi connectivity index (χ1v) is 6.16. The Balaban J connectivity index is 1.51. The molecule has 0 bridgehead atoms. The van der Waals surface area contributed by atoms with Gasteiger partial charge in [0.15, 0.2) is 17.5 Å². The first kappa shape index (κ1) is 12.6. The predicted octanol–water partition coefficient (Wildman–Crippen LogP) is 0.955. The highest BCUT2D eigenvalue weighted by Crippen LogP contribution is 2.32. The number of alkyl carbamates (subject to hydrolysis) is 1. The maximum Gasteiger partial charge on any atom is 0.408 e. The van der Waals surface area contributed by atoms with Crippen LogP contribution in [0, 0.1) is 0 Å². The third-order valence-corrected chi connectivity index (χ3v) is 3.11. The maximum absolute atomic E-state index is 11.5. The Bertz CT molecular complexity index is 558. The Morgan fingerprint density at radius 1 is 1.40 bits per heavy atom. The molecule has 1 aromatic carbocycles. The monoisotopic (exact) mass is 279 g/mol. The lowest BCUT2D eigenvalue weighted by atomic mass is 10.1. The molecule has 0 radical (unpaired) electrons. The van der Waals surface area contributed by atoms with Crippen LogP contribution < -0.4 is 14.8 Å². The highest BCUT2D eigenvalue weighted by molar-refractivity contribution is 5.86. The van der Waals surface area contributed by atoms with Crippen LogP contribution in [0.1, 0.15) is 12.5 Å². The summed E-state index contributed by atoms with van der Waals surface area (Å²) >= 11 is 0. The summed E-state index contributed by atoms with van der Waals surface area (Å²) in [4.78, 5) is 22.6. The second kappa shape index (κ2) is 4.92. The molecule has 106 valence electrons. The van der Waals surface area contributed by atoms with Crippen molar-refractivity contribution in [3.8, 4) is 11.5 Å². The molecule has 0 spiro atoms. The second-order valence-electron chi connectivity index (χ2n) is 4.53. The second-order valence-corrected chi connectivity index (χ2v) is 4.53. The minimum atomic E-state index is -0.656. The van der Waals surface area contributed by atoms with Gasteiger partial charge in [0, 0.05) is 0 Å². The third kappa shape index (κ3) is 2.34. The molecule has 1 N–H and O–H groups in total. The zero-order valence-corrected chi connectivity index (χ0v) is 10.8. The van der Waals surface area contributed by atoms with Crippen LogP contribution in [0.3, 0.4) is 0 Å². The number of carbonyl (C=O) groups is 2. The summed E-state index contributed by atoms with van der Waals surface area (Å²) in [7, 11) is 0. The van der Waals surface area contributed by atoms with Gasteiger partial charge in [0.2, 0.25) is 6.79 Å².